The van der Waals surface area contributed by atoms with Crippen molar-refractivity contribution >= 4 is 23.2 Å². The third kappa shape index (κ3) is 3.63. The molecule has 0 saturated carbocycles. The molecule has 2 rings (SSSR count). The molecular weight excluding hydrogens is 286 g/mol. The number of amides is 2. The highest BCUT2D eigenvalue weighted by atomic mass is 32.1. The number of nitrogens with two attached hydrogens (primary N) is 1. The molecule has 1 aliphatic rings. The second-order valence-electron chi connectivity index (χ2n) is 5.02. The summed E-state index contributed by atoms with van der Waals surface area (Å²) >= 11 is 1.36. The van der Waals surface area contributed by atoms with Gasteiger partial charge in [-0.05, 0) is 25.0 Å². The van der Waals surface area contributed by atoms with E-state index < -0.39 is 0 Å². The van der Waals surface area contributed by atoms with Crippen LogP contribution in [-0.2, 0) is 4.79 Å². The van der Waals surface area contributed by atoms with E-state index in [2.05, 4.69) is 11.8 Å². The Morgan fingerprint density at radius 2 is 2.24 bits per heavy atom. The molecule has 1 fully saturated rings. The molecular formula is C15H19N3O2S. The minimum absolute atomic E-state index is 0.0164. The average Bonchev–Trinajstić information content (AvgIpc) is 2.74. The van der Waals surface area contributed by atoms with Crippen LogP contribution in [0.3, 0.4) is 0 Å². The van der Waals surface area contributed by atoms with Gasteiger partial charge < -0.3 is 15.5 Å². The molecule has 0 radical (unpaired) electrons. The van der Waals surface area contributed by atoms with Gasteiger partial charge in [-0.25, -0.2) is 0 Å². The second kappa shape index (κ2) is 6.74. The molecule has 1 saturated heterocycles. The van der Waals surface area contributed by atoms with Crippen molar-refractivity contribution in [2.24, 2.45) is 5.73 Å². The van der Waals surface area contributed by atoms with Crippen molar-refractivity contribution in [3.8, 4) is 11.8 Å². The van der Waals surface area contributed by atoms with E-state index in [1.54, 1.807) is 16.8 Å². The van der Waals surface area contributed by atoms with Crippen LogP contribution in [0.15, 0.2) is 6.07 Å². The smallest absolute Gasteiger partial charge is 0.264 e. The van der Waals surface area contributed by atoms with Crippen LogP contribution >= 0.6 is 11.3 Å². The SMILES string of the molecule is Cc1cc(C(=O)N2CCCN(C)C(=O)C2)sc1C#CCN. The maximum atomic E-state index is 12.5. The zero-order chi connectivity index (χ0) is 15.4. The topological polar surface area (TPSA) is 66.6 Å². The number of thiophene rings is 1. The first kappa shape index (κ1) is 15.5. The summed E-state index contributed by atoms with van der Waals surface area (Å²) in [4.78, 5) is 29.2. The van der Waals surface area contributed by atoms with Crippen molar-refractivity contribution in [1.29, 1.82) is 0 Å². The maximum absolute atomic E-state index is 12.5. The minimum atomic E-state index is -0.0902. The summed E-state index contributed by atoms with van der Waals surface area (Å²) in [5.74, 6) is 5.67. The highest BCUT2D eigenvalue weighted by Gasteiger charge is 2.25. The van der Waals surface area contributed by atoms with E-state index in [1.165, 1.54) is 11.3 Å². The molecule has 1 aliphatic heterocycles. The quantitative estimate of drug-likeness (QED) is 0.776. The van der Waals surface area contributed by atoms with Crippen molar-refractivity contribution in [2.75, 3.05) is 33.2 Å². The molecule has 2 heterocycles. The summed E-state index contributed by atoms with van der Waals surface area (Å²) in [5.41, 5.74) is 6.34. The number of carbonyl (C=O) groups is 2. The van der Waals surface area contributed by atoms with Gasteiger partial charge in [0.2, 0.25) is 5.91 Å². The van der Waals surface area contributed by atoms with Crippen molar-refractivity contribution in [3.63, 3.8) is 0 Å². The van der Waals surface area contributed by atoms with Crippen molar-refractivity contribution in [2.45, 2.75) is 13.3 Å². The molecule has 0 aromatic carbocycles. The van der Waals surface area contributed by atoms with E-state index in [4.69, 9.17) is 5.73 Å². The van der Waals surface area contributed by atoms with Crippen LogP contribution in [-0.4, -0.2) is 54.8 Å². The van der Waals surface area contributed by atoms with Crippen molar-refractivity contribution < 1.29 is 9.59 Å². The fourth-order valence-electron chi connectivity index (χ4n) is 2.16. The molecule has 1 aromatic heterocycles. The van der Waals surface area contributed by atoms with Crippen LogP contribution in [0.4, 0.5) is 0 Å². The van der Waals surface area contributed by atoms with Gasteiger partial charge in [-0.15, -0.1) is 11.3 Å². The van der Waals surface area contributed by atoms with Gasteiger partial charge >= 0.3 is 0 Å². The fraction of sp³-hybridized carbons (Fsp3) is 0.467. The zero-order valence-corrected chi connectivity index (χ0v) is 13.1. The second-order valence-corrected chi connectivity index (χ2v) is 6.08. The lowest BCUT2D eigenvalue weighted by molar-refractivity contribution is -0.129. The summed E-state index contributed by atoms with van der Waals surface area (Å²) in [7, 11) is 1.77. The molecule has 2 amide bonds. The summed E-state index contributed by atoms with van der Waals surface area (Å²) in [6.07, 6.45) is 0.804. The fourth-order valence-corrected chi connectivity index (χ4v) is 3.17. The number of hydrogen-bond acceptors (Lipinski definition) is 4. The summed E-state index contributed by atoms with van der Waals surface area (Å²) < 4.78 is 0. The molecule has 21 heavy (non-hydrogen) atoms. The Labute approximate surface area is 128 Å². The third-order valence-corrected chi connectivity index (χ3v) is 4.53. The lowest BCUT2D eigenvalue weighted by atomic mass is 10.2. The van der Waals surface area contributed by atoms with E-state index in [0.717, 1.165) is 16.9 Å². The standard InChI is InChI=1S/C15H19N3O2S/c1-11-9-13(21-12(11)5-3-6-16)15(20)18-8-4-7-17(2)14(19)10-18/h9H,4,6-8,10,16H2,1-2H3. The average molecular weight is 305 g/mol. The molecule has 1 aromatic rings. The van der Waals surface area contributed by atoms with E-state index >= 15 is 0 Å². The Hall–Kier alpha value is -1.84. The molecule has 6 heteroatoms. The van der Waals surface area contributed by atoms with Crippen LogP contribution in [0.2, 0.25) is 0 Å². The summed E-state index contributed by atoms with van der Waals surface area (Å²) in [6.45, 7) is 3.67. The van der Waals surface area contributed by atoms with Crippen molar-refractivity contribution in [1.82, 2.24) is 9.80 Å². The van der Waals surface area contributed by atoms with E-state index in [9.17, 15) is 9.59 Å². The normalized spacial score (nSPS) is 15.5. The van der Waals surface area contributed by atoms with Gasteiger partial charge in [0, 0.05) is 20.1 Å². The van der Waals surface area contributed by atoms with Crippen LogP contribution in [0.1, 0.15) is 26.5 Å². The van der Waals surface area contributed by atoms with E-state index in [0.29, 0.717) is 24.5 Å². The minimum Gasteiger partial charge on any atom is -0.344 e. The van der Waals surface area contributed by atoms with Gasteiger partial charge in [-0.1, -0.05) is 11.8 Å². The number of aryl methyl sites for hydroxylation is 1. The van der Waals surface area contributed by atoms with Crippen molar-refractivity contribution in [3.05, 3.63) is 21.4 Å². The Morgan fingerprint density at radius 1 is 1.48 bits per heavy atom. The number of rotatable bonds is 1. The predicted molar refractivity (Wildman–Crippen MR) is 83.1 cm³/mol. The Kier molecular flexibility index (Phi) is 4.99. The molecule has 0 bridgehead atoms. The maximum Gasteiger partial charge on any atom is 0.264 e. The van der Waals surface area contributed by atoms with Gasteiger partial charge in [0.1, 0.15) is 6.54 Å². The summed E-state index contributed by atoms with van der Waals surface area (Å²) in [6, 6.07) is 1.84. The van der Waals surface area contributed by atoms with Crippen LogP contribution in [0.5, 0.6) is 0 Å². The first-order chi connectivity index (χ1) is 10.0. The molecule has 0 atom stereocenters. The largest absolute Gasteiger partial charge is 0.344 e. The lowest BCUT2D eigenvalue weighted by Gasteiger charge is -2.18. The number of nitrogens with zero attached hydrogens (tertiary/aromatic N) is 2. The lowest BCUT2D eigenvalue weighted by Crippen LogP contribution is -2.37. The van der Waals surface area contributed by atoms with Gasteiger partial charge in [-0.3, -0.25) is 9.59 Å². The third-order valence-electron chi connectivity index (χ3n) is 3.39. The summed E-state index contributed by atoms with van der Waals surface area (Å²) in [5, 5.41) is 0. The molecule has 112 valence electrons. The Bertz CT molecular complexity index is 612. The first-order valence-electron chi connectivity index (χ1n) is 6.85. The van der Waals surface area contributed by atoms with E-state index in [1.807, 2.05) is 13.0 Å². The van der Waals surface area contributed by atoms with Gasteiger partial charge in [0.25, 0.3) is 5.91 Å². The predicted octanol–water partition coefficient (Wildman–Crippen LogP) is 0.671. The molecule has 0 unspecified atom stereocenters. The molecule has 0 spiro atoms. The van der Waals surface area contributed by atoms with Crippen LogP contribution < -0.4 is 5.73 Å². The van der Waals surface area contributed by atoms with Gasteiger partial charge in [0.15, 0.2) is 0 Å². The van der Waals surface area contributed by atoms with Crippen LogP contribution in [0.25, 0.3) is 0 Å². The monoisotopic (exact) mass is 305 g/mol. The highest BCUT2D eigenvalue weighted by Crippen LogP contribution is 2.23. The molecule has 2 N–H and O–H groups in total. The number of likely N-dealkylation sites (N-methyl/N-ethyl adjacent to an activating group) is 1. The first-order valence-corrected chi connectivity index (χ1v) is 7.67. The van der Waals surface area contributed by atoms with Gasteiger partial charge in [0.05, 0.1) is 16.3 Å². The van der Waals surface area contributed by atoms with E-state index in [-0.39, 0.29) is 18.4 Å². The molecule has 5 nitrogen and oxygen atoms in total. The van der Waals surface area contributed by atoms with Crippen LogP contribution in [0, 0.1) is 18.8 Å². The highest BCUT2D eigenvalue weighted by molar-refractivity contribution is 7.14. The Morgan fingerprint density at radius 3 is 2.95 bits per heavy atom. The molecule has 0 aliphatic carbocycles. The van der Waals surface area contributed by atoms with Gasteiger partial charge in [-0.2, -0.15) is 0 Å². The Balaban J connectivity index is 2.18. The number of hydrogen-bond donors (Lipinski definition) is 1. The zero-order valence-electron chi connectivity index (χ0n) is 12.3. The number of carbonyl (C=O) groups excluding carboxylic acids is 2.